The third-order valence-corrected chi connectivity index (χ3v) is 1.96. The molecule has 0 atom stereocenters. The van der Waals surface area contributed by atoms with Crippen LogP contribution in [-0.2, 0) is 9.53 Å². The minimum absolute atomic E-state index is 0.402. The van der Waals surface area contributed by atoms with E-state index in [1.54, 1.807) is 6.92 Å². The smallest absolute Gasteiger partial charge is 0.384 e. The lowest BCUT2D eigenvalue weighted by atomic mass is 10.1. The molecule has 2 nitrogen and oxygen atoms in total. The highest BCUT2D eigenvalue weighted by atomic mass is 16.5. The monoisotopic (exact) mass is 196 g/mol. The maximum absolute atomic E-state index is 10.8. The van der Waals surface area contributed by atoms with Crippen molar-refractivity contribution in [1.82, 2.24) is 0 Å². The second kappa shape index (κ2) is 10.1. The normalized spacial score (nSPS) is 9.00. The van der Waals surface area contributed by atoms with Gasteiger partial charge in [-0.1, -0.05) is 44.9 Å². The minimum atomic E-state index is -0.402. The first kappa shape index (κ1) is 13.0. The number of rotatable bonds is 7. The van der Waals surface area contributed by atoms with Gasteiger partial charge in [0.05, 0.1) is 6.61 Å². The molecule has 0 N–H and O–H groups in total. The standard InChI is InChI=1S/C12H20O2/c1-3-5-6-7-8-9-11-14-12(13)10-4-2/h3,5-9,11H2,1-2H3. The third-order valence-electron chi connectivity index (χ3n) is 1.96. The molecule has 0 saturated carbocycles. The van der Waals surface area contributed by atoms with Gasteiger partial charge in [0.25, 0.3) is 0 Å². The van der Waals surface area contributed by atoms with E-state index in [4.69, 9.17) is 4.74 Å². The number of ether oxygens (including phenoxy) is 1. The van der Waals surface area contributed by atoms with Gasteiger partial charge in [0.15, 0.2) is 0 Å². The molecule has 0 unspecified atom stereocenters. The fourth-order valence-electron chi connectivity index (χ4n) is 1.19. The van der Waals surface area contributed by atoms with Gasteiger partial charge in [-0.2, -0.15) is 0 Å². The number of unbranched alkanes of at least 4 members (excludes halogenated alkanes) is 5. The zero-order chi connectivity index (χ0) is 10.6. The lowest BCUT2D eigenvalue weighted by Crippen LogP contribution is -2.02. The fraction of sp³-hybridized carbons (Fsp3) is 0.750. The summed E-state index contributed by atoms with van der Waals surface area (Å²) < 4.78 is 4.88. The van der Waals surface area contributed by atoms with E-state index in [0.717, 1.165) is 12.8 Å². The molecule has 0 aliphatic heterocycles. The number of esters is 1. The molecule has 2 heteroatoms. The summed E-state index contributed by atoms with van der Waals surface area (Å²) in [6, 6.07) is 0. The highest BCUT2D eigenvalue weighted by Gasteiger charge is 1.95. The number of carbonyl (C=O) groups excluding carboxylic acids is 1. The minimum Gasteiger partial charge on any atom is -0.456 e. The molecule has 0 aliphatic rings. The molecule has 0 aliphatic carbocycles. The summed E-state index contributed by atoms with van der Waals surface area (Å²) in [6.07, 6.45) is 7.21. The van der Waals surface area contributed by atoms with Crippen molar-refractivity contribution in [2.75, 3.05) is 6.61 Å². The van der Waals surface area contributed by atoms with Crippen LogP contribution in [0.3, 0.4) is 0 Å². The van der Waals surface area contributed by atoms with Crippen molar-refractivity contribution >= 4 is 5.97 Å². The quantitative estimate of drug-likeness (QED) is 0.271. The SMILES string of the molecule is CC#CC(=O)OCCCCCCCC. The summed E-state index contributed by atoms with van der Waals surface area (Å²) in [4.78, 5) is 10.8. The van der Waals surface area contributed by atoms with Crippen LogP contribution in [-0.4, -0.2) is 12.6 Å². The summed E-state index contributed by atoms with van der Waals surface area (Å²) >= 11 is 0. The Labute approximate surface area is 87.0 Å². The zero-order valence-corrected chi connectivity index (χ0v) is 9.27. The Morgan fingerprint density at radius 3 is 2.43 bits per heavy atom. The Bertz CT molecular complexity index is 198. The molecule has 0 aromatic heterocycles. The second-order valence-corrected chi connectivity index (χ2v) is 3.28. The highest BCUT2D eigenvalue weighted by Crippen LogP contribution is 2.04. The lowest BCUT2D eigenvalue weighted by molar-refractivity contribution is -0.136. The van der Waals surface area contributed by atoms with Crippen LogP contribution in [0.1, 0.15) is 52.4 Å². The highest BCUT2D eigenvalue weighted by molar-refractivity contribution is 5.88. The first-order valence-electron chi connectivity index (χ1n) is 5.40. The molecule has 14 heavy (non-hydrogen) atoms. The molecule has 0 aromatic carbocycles. The zero-order valence-electron chi connectivity index (χ0n) is 9.27. The van der Waals surface area contributed by atoms with E-state index in [2.05, 4.69) is 18.8 Å². The molecule has 0 spiro atoms. The van der Waals surface area contributed by atoms with Crippen molar-refractivity contribution in [2.24, 2.45) is 0 Å². The summed E-state index contributed by atoms with van der Waals surface area (Å²) in [5.74, 6) is 4.46. The van der Waals surface area contributed by atoms with E-state index in [9.17, 15) is 4.79 Å². The van der Waals surface area contributed by atoms with Gasteiger partial charge in [0.1, 0.15) is 0 Å². The van der Waals surface area contributed by atoms with Crippen LogP contribution >= 0.6 is 0 Å². The van der Waals surface area contributed by atoms with Crippen molar-refractivity contribution in [2.45, 2.75) is 52.4 Å². The first-order chi connectivity index (χ1) is 6.81. The molecule has 0 bridgehead atoms. The average molecular weight is 196 g/mol. The molecular weight excluding hydrogens is 176 g/mol. The summed E-state index contributed by atoms with van der Waals surface area (Å²) in [7, 11) is 0. The van der Waals surface area contributed by atoms with Crippen molar-refractivity contribution in [3.63, 3.8) is 0 Å². The first-order valence-corrected chi connectivity index (χ1v) is 5.40. The van der Waals surface area contributed by atoms with Crippen LogP contribution in [0.2, 0.25) is 0 Å². The van der Waals surface area contributed by atoms with E-state index in [-0.39, 0.29) is 0 Å². The number of carbonyl (C=O) groups is 1. The van der Waals surface area contributed by atoms with Crippen LogP contribution in [0.15, 0.2) is 0 Å². The predicted octanol–water partition coefficient (Wildman–Crippen LogP) is 2.91. The van der Waals surface area contributed by atoms with E-state index in [1.165, 1.54) is 25.7 Å². The van der Waals surface area contributed by atoms with Crippen LogP contribution in [0.25, 0.3) is 0 Å². The molecule has 0 heterocycles. The molecule has 0 aromatic rings. The maximum atomic E-state index is 10.8. The largest absolute Gasteiger partial charge is 0.456 e. The van der Waals surface area contributed by atoms with Gasteiger partial charge < -0.3 is 4.74 Å². The Balaban J connectivity index is 3.12. The molecule has 0 fully saturated rings. The molecule has 0 amide bonds. The Morgan fingerprint density at radius 1 is 1.14 bits per heavy atom. The van der Waals surface area contributed by atoms with Gasteiger partial charge in [-0.25, -0.2) is 4.79 Å². The van der Waals surface area contributed by atoms with Crippen molar-refractivity contribution in [1.29, 1.82) is 0 Å². The van der Waals surface area contributed by atoms with Gasteiger partial charge in [-0.3, -0.25) is 0 Å². The molecule has 80 valence electrons. The number of hydrogen-bond acceptors (Lipinski definition) is 2. The predicted molar refractivity (Wildman–Crippen MR) is 57.8 cm³/mol. The average Bonchev–Trinajstić information content (AvgIpc) is 2.17. The van der Waals surface area contributed by atoms with E-state index < -0.39 is 5.97 Å². The van der Waals surface area contributed by atoms with E-state index >= 15 is 0 Å². The van der Waals surface area contributed by atoms with Gasteiger partial charge in [0, 0.05) is 5.92 Å². The molecule has 0 saturated heterocycles. The van der Waals surface area contributed by atoms with Gasteiger partial charge in [0.2, 0.25) is 0 Å². The molecular formula is C12H20O2. The van der Waals surface area contributed by atoms with Crippen molar-refractivity contribution < 1.29 is 9.53 Å². The van der Waals surface area contributed by atoms with Gasteiger partial charge >= 0.3 is 5.97 Å². The van der Waals surface area contributed by atoms with Crippen molar-refractivity contribution in [3.8, 4) is 11.8 Å². The fourth-order valence-corrected chi connectivity index (χ4v) is 1.19. The second-order valence-electron chi connectivity index (χ2n) is 3.28. The Morgan fingerprint density at radius 2 is 1.79 bits per heavy atom. The van der Waals surface area contributed by atoms with Crippen LogP contribution < -0.4 is 0 Å². The third kappa shape index (κ3) is 9.12. The summed E-state index contributed by atoms with van der Waals surface area (Å²) in [6.45, 7) is 4.34. The molecule has 0 rings (SSSR count). The van der Waals surface area contributed by atoms with E-state index in [1.807, 2.05) is 0 Å². The summed E-state index contributed by atoms with van der Waals surface area (Å²) in [5, 5.41) is 0. The van der Waals surface area contributed by atoms with Gasteiger partial charge in [-0.05, 0) is 13.3 Å². The van der Waals surface area contributed by atoms with Crippen LogP contribution in [0.5, 0.6) is 0 Å². The van der Waals surface area contributed by atoms with Crippen LogP contribution in [0, 0.1) is 11.8 Å². The Kier molecular flexibility index (Phi) is 9.41. The van der Waals surface area contributed by atoms with E-state index in [0.29, 0.717) is 6.61 Å². The van der Waals surface area contributed by atoms with Crippen LogP contribution in [0.4, 0.5) is 0 Å². The topological polar surface area (TPSA) is 26.3 Å². The lowest BCUT2D eigenvalue weighted by Gasteiger charge is -2.00. The van der Waals surface area contributed by atoms with Crippen molar-refractivity contribution in [3.05, 3.63) is 0 Å². The van der Waals surface area contributed by atoms with Gasteiger partial charge in [-0.15, -0.1) is 0 Å². The molecule has 0 radical (unpaired) electrons. The number of hydrogen-bond donors (Lipinski definition) is 0. The Hall–Kier alpha value is -0.970. The maximum Gasteiger partial charge on any atom is 0.384 e. The summed E-state index contributed by atoms with van der Waals surface area (Å²) in [5.41, 5.74) is 0.